The molecule has 0 radical (unpaired) electrons. The lowest BCUT2D eigenvalue weighted by atomic mass is 9.72. The lowest BCUT2D eigenvalue weighted by molar-refractivity contribution is -0.177. The molecule has 24 heavy (non-hydrogen) atoms. The smallest absolute Gasteiger partial charge is 0.248 e. The second-order valence-corrected chi connectivity index (χ2v) is 7.92. The molecule has 5 heteroatoms. The summed E-state index contributed by atoms with van der Waals surface area (Å²) in [6.07, 6.45) is 2.73. The Labute approximate surface area is 143 Å². The minimum Gasteiger partial charge on any atom is -0.342 e. The van der Waals surface area contributed by atoms with Crippen LogP contribution in [-0.2, 0) is 21.5 Å². The monoisotopic (exact) mass is 329 g/mol. The normalized spacial score (nSPS) is 20.9. The van der Waals surface area contributed by atoms with Crippen molar-refractivity contribution in [2.24, 2.45) is 11.8 Å². The van der Waals surface area contributed by atoms with Gasteiger partial charge in [0.25, 0.3) is 0 Å². The van der Waals surface area contributed by atoms with E-state index in [0.29, 0.717) is 5.92 Å². The van der Waals surface area contributed by atoms with Crippen LogP contribution < -0.4 is 0 Å². The average molecular weight is 329 g/mol. The van der Waals surface area contributed by atoms with Crippen LogP contribution in [0.1, 0.15) is 45.0 Å². The first-order valence-corrected chi connectivity index (χ1v) is 8.58. The zero-order chi connectivity index (χ0) is 17.5. The van der Waals surface area contributed by atoms with Gasteiger partial charge in [0.2, 0.25) is 5.91 Å². The van der Waals surface area contributed by atoms with Crippen molar-refractivity contribution in [2.45, 2.75) is 45.4 Å². The number of nitrogens with zero attached hydrogens (tertiary/aromatic N) is 2. The van der Waals surface area contributed by atoms with E-state index >= 15 is 0 Å². The third-order valence-electron chi connectivity index (χ3n) is 5.05. The molecule has 1 saturated carbocycles. The molecule has 1 aromatic heterocycles. The fraction of sp³-hybridized carbons (Fsp3) is 0.579. The van der Waals surface area contributed by atoms with Crippen LogP contribution in [0.2, 0.25) is 0 Å². The number of hydrogen-bond acceptors (Lipinski definition) is 3. The molecule has 0 spiro atoms. The van der Waals surface area contributed by atoms with Crippen LogP contribution in [0.15, 0.2) is 18.2 Å². The molecule has 5 nitrogen and oxygen atoms in total. The number of aromatic amines is 1. The number of fused-ring (bicyclic) bond motifs is 1. The molecule has 130 valence electrons. The van der Waals surface area contributed by atoms with Gasteiger partial charge in [0.1, 0.15) is 5.82 Å². The van der Waals surface area contributed by atoms with Crippen molar-refractivity contribution in [3.8, 4) is 0 Å². The number of H-pyrrole nitrogens is 1. The SMILES string of the molecule is CON(C)C(=O)C1CC(Cc2nc3ccc(C(C)(C)C)cc3[nH]2)C1. The molecule has 1 heterocycles. The van der Waals surface area contributed by atoms with Gasteiger partial charge in [-0.1, -0.05) is 26.8 Å². The van der Waals surface area contributed by atoms with E-state index in [1.165, 1.54) is 17.7 Å². The molecule has 0 aliphatic heterocycles. The molecule has 0 unspecified atom stereocenters. The van der Waals surface area contributed by atoms with Crippen molar-refractivity contribution >= 4 is 16.9 Å². The first kappa shape index (κ1) is 17.0. The van der Waals surface area contributed by atoms with Crippen LogP contribution in [0.5, 0.6) is 0 Å². The van der Waals surface area contributed by atoms with E-state index in [1.807, 2.05) is 0 Å². The zero-order valence-corrected chi connectivity index (χ0v) is 15.2. The Morgan fingerprint density at radius 1 is 1.38 bits per heavy atom. The second-order valence-electron chi connectivity index (χ2n) is 7.92. The van der Waals surface area contributed by atoms with Crippen LogP contribution in [-0.4, -0.2) is 35.1 Å². The molecule has 1 aliphatic rings. The van der Waals surface area contributed by atoms with Crippen LogP contribution in [0.25, 0.3) is 11.0 Å². The lowest BCUT2D eigenvalue weighted by Gasteiger charge is -2.35. The van der Waals surface area contributed by atoms with Crippen LogP contribution in [0, 0.1) is 11.8 Å². The Morgan fingerprint density at radius 3 is 2.71 bits per heavy atom. The molecule has 0 saturated heterocycles. The zero-order valence-electron chi connectivity index (χ0n) is 15.2. The Bertz CT molecular complexity index is 739. The third kappa shape index (κ3) is 3.31. The number of nitrogens with one attached hydrogen (secondary N) is 1. The highest BCUT2D eigenvalue weighted by Gasteiger charge is 2.36. The van der Waals surface area contributed by atoms with Crippen LogP contribution >= 0.6 is 0 Å². The summed E-state index contributed by atoms with van der Waals surface area (Å²) in [5.41, 5.74) is 3.56. The van der Waals surface area contributed by atoms with Crippen molar-refractivity contribution < 1.29 is 9.63 Å². The van der Waals surface area contributed by atoms with Gasteiger partial charge >= 0.3 is 0 Å². The molecule has 1 aliphatic carbocycles. The highest BCUT2D eigenvalue weighted by molar-refractivity contribution is 5.78. The predicted octanol–water partition coefficient (Wildman–Crippen LogP) is 3.45. The summed E-state index contributed by atoms with van der Waals surface area (Å²) in [4.78, 5) is 25.1. The van der Waals surface area contributed by atoms with E-state index in [1.54, 1.807) is 7.05 Å². The number of imidazole rings is 1. The number of benzene rings is 1. The number of hydroxylamine groups is 2. The third-order valence-corrected chi connectivity index (χ3v) is 5.05. The van der Waals surface area contributed by atoms with Crippen LogP contribution in [0.3, 0.4) is 0 Å². The maximum absolute atomic E-state index is 12.0. The van der Waals surface area contributed by atoms with E-state index < -0.39 is 0 Å². The van der Waals surface area contributed by atoms with Crippen molar-refractivity contribution in [2.75, 3.05) is 14.2 Å². The summed E-state index contributed by atoms with van der Waals surface area (Å²) in [5, 5.41) is 1.33. The predicted molar refractivity (Wildman–Crippen MR) is 94.5 cm³/mol. The van der Waals surface area contributed by atoms with Gasteiger partial charge in [-0.15, -0.1) is 0 Å². The molecule has 1 aromatic carbocycles. The number of aromatic nitrogens is 2. The van der Waals surface area contributed by atoms with E-state index in [0.717, 1.165) is 36.1 Å². The summed E-state index contributed by atoms with van der Waals surface area (Å²) in [6.45, 7) is 6.65. The molecule has 0 bridgehead atoms. The summed E-state index contributed by atoms with van der Waals surface area (Å²) >= 11 is 0. The van der Waals surface area contributed by atoms with E-state index in [9.17, 15) is 4.79 Å². The molecular formula is C19H27N3O2. The highest BCUT2D eigenvalue weighted by atomic mass is 16.7. The first-order valence-electron chi connectivity index (χ1n) is 8.58. The maximum Gasteiger partial charge on any atom is 0.248 e. The summed E-state index contributed by atoms with van der Waals surface area (Å²) in [6, 6.07) is 6.45. The Balaban J connectivity index is 1.64. The van der Waals surface area contributed by atoms with Gasteiger partial charge in [-0.25, -0.2) is 10.0 Å². The van der Waals surface area contributed by atoms with Gasteiger partial charge in [0.15, 0.2) is 0 Å². The molecule has 1 amide bonds. The number of rotatable bonds is 4. The quantitative estimate of drug-likeness (QED) is 0.874. The minimum absolute atomic E-state index is 0.0770. The molecular weight excluding hydrogens is 302 g/mol. The molecule has 1 fully saturated rings. The number of amides is 1. The first-order chi connectivity index (χ1) is 11.3. The summed E-state index contributed by atoms with van der Waals surface area (Å²) in [7, 11) is 3.19. The summed E-state index contributed by atoms with van der Waals surface area (Å²) < 4.78 is 0. The number of carbonyl (C=O) groups is 1. The topological polar surface area (TPSA) is 58.2 Å². The second kappa shape index (κ2) is 6.20. The molecule has 1 N–H and O–H groups in total. The van der Waals surface area contributed by atoms with Gasteiger partial charge in [-0.3, -0.25) is 9.63 Å². The van der Waals surface area contributed by atoms with Gasteiger partial charge in [0, 0.05) is 19.4 Å². The van der Waals surface area contributed by atoms with E-state index in [2.05, 4.69) is 44.0 Å². The van der Waals surface area contributed by atoms with Crippen molar-refractivity contribution in [3.63, 3.8) is 0 Å². The molecule has 3 rings (SSSR count). The van der Waals surface area contributed by atoms with E-state index in [-0.39, 0.29) is 17.2 Å². The molecule has 0 atom stereocenters. The Hall–Kier alpha value is -1.88. The van der Waals surface area contributed by atoms with Gasteiger partial charge in [-0.2, -0.15) is 0 Å². The standard InChI is InChI=1S/C19H27N3O2/c1-19(2,3)14-6-7-15-16(11-14)21-17(20-15)10-12-8-13(9-12)18(23)22(4)24-5/h6-7,11-13H,8-10H2,1-5H3,(H,20,21). The highest BCUT2D eigenvalue weighted by Crippen LogP contribution is 2.37. The maximum atomic E-state index is 12.0. The Kier molecular flexibility index (Phi) is 4.38. The van der Waals surface area contributed by atoms with Gasteiger partial charge in [0.05, 0.1) is 18.1 Å². The van der Waals surface area contributed by atoms with E-state index in [4.69, 9.17) is 9.82 Å². The molecule has 2 aromatic rings. The lowest BCUT2D eigenvalue weighted by Crippen LogP contribution is -2.40. The summed E-state index contributed by atoms with van der Waals surface area (Å²) in [5.74, 6) is 1.71. The number of hydrogen-bond donors (Lipinski definition) is 1. The van der Waals surface area contributed by atoms with Crippen molar-refractivity contribution in [1.82, 2.24) is 15.0 Å². The Morgan fingerprint density at radius 2 is 2.08 bits per heavy atom. The van der Waals surface area contributed by atoms with Gasteiger partial charge in [-0.05, 0) is 41.9 Å². The number of carbonyl (C=O) groups excluding carboxylic acids is 1. The fourth-order valence-electron chi connectivity index (χ4n) is 3.35. The fourth-order valence-corrected chi connectivity index (χ4v) is 3.35. The van der Waals surface area contributed by atoms with Crippen molar-refractivity contribution in [1.29, 1.82) is 0 Å². The van der Waals surface area contributed by atoms with Crippen LogP contribution in [0.4, 0.5) is 0 Å². The largest absolute Gasteiger partial charge is 0.342 e. The van der Waals surface area contributed by atoms with Gasteiger partial charge < -0.3 is 4.98 Å². The average Bonchev–Trinajstić information content (AvgIpc) is 2.89. The van der Waals surface area contributed by atoms with Crippen molar-refractivity contribution in [3.05, 3.63) is 29.6 Å². The minimum atomic E-state index is 0.0770.